The second-order valence-corrected chi connectivity index (χ2v) is 9.13. The molecule has 29 heavy (non-hydrogen) atoms. The summed E-state index contributed by atoms with van der Waals surface area (Å²) in [6, 6.07) is 7.04. The van der Waals surface area contributed by atoms with Crippen LogP contribution in [-0.4, -0.2) is 22.6 Å². The number of rotatable bonds is 4. The number of hydrogen-bond donors (Lipinski definition) is 2. The molecule has 1 fully saturated rings. The van der Waals surface area contributed by atoms with Crippen LogP contribution in [0.25, 0.3) is 11.3 Å². The third-order valence-electron chi connectivity index (χ3n) is 6.41. The van der Waals surface area contributed by atoms with E-state index in [9.17, 15) is 0 Å². The van der Waals surface area contributed by atoms with Crippen molar-refractivity contribution in [3.63, 3.8) is 0 Å². The number of aryl methyl sites for hydroxylation is 1. The quantitative estimate of drug-likeness (QED) is 0.732. The predicted octanol–water partition coefficient (Wildman–Crippen LogP) is 5.44. The molecule has 0 radical (unpaired) electrons. The van der Waals surface area contributed by atoms with Crippen molar-refractivity contribution in [2.24, 2.45) is 0 Å². The molecule has 1 saturated carbocycles. The van der Waals surface area contributed by atoms with Gasteiger partial charge in [0, 0.05) is 41.0 Å². The van der Waals surface area contributed by atoms with E-state index in [1.165, 1.54) is 43.2 Å². The van der Waals surface area contributed by atoms with Crippen LogP contribution in [0.15, 0.2) is 37.6 Å². The number of fused-ring (bicyclic) bond motifs is 1. The topological polar surface area (TPSA) is 49.8 Å². The van der Waals surface area contributed by atoms with Crippen LogP contribution in [0.3, 0.4) is 0 Å². The van der Waals surface area contributed by atoms with Crippen LogP contribution in [0.5, 0.6) is 0 Å². The molecule has 152 valence electrons. The van der Waals surface area contributed by atoms with E-state index in [0.29, 0.717) is 6.04 Å². The normalized spacial score (nSPS) is 18.7. The zero-order chi connectivity index (χ0) is 20.6. The number of benzene rings is 1. The molecule has 0 saturated heterocycles. The third kappa shape index (κ3) is 3.93. The van der Waals surface area contributed by atoms with Gasteiger partial charge < -0.3 is 10.6 Å². The van der Waals surface area contributed by atoms with Gasteiger partial charge in [0.05, 0.1) is 5.69 Å². The number of aromatic nitrogens is 2. The summed E-state index contributed by atoms with van der Waals surface area (Å²) >= 11 is 0. The maximum absolute atomic E-state index is 4.73. The summed E-state index contributed by atoms with van der Waals surface area (Å²) in [5.41, 5.74) is 7.60. The van der Waals surface area contributed by atoms with Crippen molar-refractivity contribution in [3.05, 3.63) is 65.5 Å². The molecule has 1 aromatic carbocycles. The molecule has 4 rings (SSSR count). The molecule has 0 bridgehead atoms. The molecular weight excluding hydrogens is 356 g/mol. The first-order valence-electron chi connectivity index (χ1n) is 10.7. The van der Waals surface area contributed by atoms with Crippen molar-refractivity contribution >= 4 is 17.2 Å². The summed E-state index contributed by atoms with van der Waals surface area (Å²) in [7, 11) is 0. The Morgan fingerprint density at radius 1 is 1.21 bits per heavy atom. The van der Waals surface area contributed by atoms with Crippen LogP contribution in [0.2, 0.25) is 0 Å². The fourth-order valence-electron chi connectivity index (χ4n) is 4.49. The van der Waals surface area contributed by atoms with Crippen molar-refractivity contribution in [2.45, 2.75) is 64.3 Å². The van der Waals surface area contributed by atoms with E-state index in [4.69, 9.17) is 4.98 Å². The Balaban J connectivity index is 1.59. The molecule has 0 spiro atoms. The Morgan fingerprint density at radius 2 is 1.97 bits per heavy atom. The molecule has 1 aromatic heterocycles. The molecule has 2 aromatic rings. The summed E-state index contributed by atoms with van der Waals surface area (Å²) in [5, 5.41) is 6.93. The fourth-order valence-corrected chi connectivity index (χ4v) is 4.49. The van der Waals surface area contributed by atoms with Gasteiger partial charge in [-0.1, -0.05) is 58.4 Å². The summed E-state index contributed by atoms with van der Waals surface area (Å²) < 4.78 is 0. The van der Waals surface area contributed by atoms with E-state index in [0.717, 1.165) is 40.6 Å². The Kier molecular flexibility index (Phi) is 5.20. The average molecular weight is 389 g/mol. The molecule has 1 aliphatic carbocycles. The van der Waals surface area contributed by atoms with E-state index in [-0.39, 0.29) is 5.41 Å². The zero-order valence-electron chi connectivity index (χ0n) is 17.9. The Bertz CT molecular complexity index is 951. The fraction of sp³-hybridized carbons (Fsp3) is 0.440. The van der Waals surface area contributed by atoms with Crippen LogP contribution < -0.4 is 10.6 Å². The highest BCUT2D eigenvalue weighted by Crippen LogP contribution is 2.36. The molecule has 2 heterocycles. The van der Waals surface area contributed by atoms with Crippen molar-refractivity contribution in [1.82, 2.24) is 15.3 Å². The summed E-state index contributed by atoms with van der Waals surface area (Å²) in [6.45, 7) is 16.0. The first kappa shape index (κ1) is 19.7. The number of hydrogen-bond acceptors (Lipinski definition) is 4. The minimum Gasteiger partial charge on any atom is -0.384 e. The van der Waals surface area contributed by atoms with Crippen LogP contribution in [-0.2, 0) is 5.41 Å². The van der Waals surface area contributed by atoms with Crippen LogP contribution >= 0.6 is 0 Å². The number of nitrogens with zero attached hydrogens (tertiary/aromatic N) is 2. The van der Waals surface area contributed by atoms with Crippen LogP contribution in [0.4, 0.5) is 5.95 Å². The molecule has 4 nitrogen and oxygen atoms in total. The predicted molar refractivity (Wildman–Crippen MR) is 122 cm³/mol. The second kappa shape index (κ2) is 7.66. The van der Waals surface area contributed by atoms with Crippen molar-refractivity contribution in [3.8, 4) is 0 Å². The lowest BCUT2D eigenvalue weighted by molar-refractivity contribution is 0.460. The van der Waals surface area contributed by atoms with E-state index in [1.807, 2.05) is 13.1 Å². The number of nitrogens with one attached hydrogen (secondary N) is 2. The van der Waals surface area contributed by atoms with Crippen molar-refractivity contribution < 1.29 is 0 Å². The minimum atomic E-state index is 0.0477. The summed E-state index contributed by atoms with van der Waals surface area (Å²) in [5.74, 6) is 0.736. The Hall–Kier alpha value is -2.62. The van der Waals surface area contributed by atoms with Gasteiger partial charge in [-0.05, 0) is 42.5 Å². The first-order valence-corrected chi connectivity index (χ1v) is 10.7. The van der Waals surface area contributed by atoms with Gasteiger partial charge in [-0.2, -0.15) is 0 Å². The van der Waals surface area contributed by atoms with Gasteiger partial charge in [0.2, 0.25) is 5.95 Å². The lowest BCUT2D eigenvalue weighted by atomic mass is 9.77. The standard InChI is InChI=1S/C25H32N4/c1-16(19-11-12-21-17(2)27-15-25(4,5)23(21)13-19)22-14-26-24(28-18(22)3)29-20-9-7-6-8-10-20/h11-14,20,27H,1-2,6-10,15H2,3-5H3,(H,26,28,29). The lowest BCUT2D eigenvalue weighted by Crippen LogP contribution is -2.37. The van der Waals surface area contributed by atoms with Gasteiger partial charge in [-0.25, -0.2) is 9.97 Å². The van der Waals surface area contributed by atoms with Gasteiger partial charge in [0.25, 0.3) is 0 Å². The van der Waals surface area contributed by atoms with Crippen molar-refractivity contribution in [1.29, 1.82) is 0 Å². The highest BCUT2D eigenvalue weighted by Gasteiger charge is 2.29. The van der Waals surface area contributed by atoms with Gasteiger partial charge in [0.1, 0.15) is 0 Å². The van der Waals surface area contributed by atoms with E-state index < -0.39 is 0 Å². The SMILES string of the molecule is C=C1NCC(C)(C)c2cc(C(=C)c3cnc(NC4CCCCC4)nc3C)ccc21. The molecule has 2 N–H and O–H groups in total. The van der Waals surface area contributed by atoms with Gasteiger partial charge in [0.15, 0.2) is 0 Å². The highest BCUT2D eigenvalue weighted by molar-refractivity contribution is 5.81. The monoisotopic (exact) mass is 388 g/mol. The van der Waals surface area contributed by atoms with Gasteiger partial charge >= 0.3 is 0 Å². The Labute approximate surface area is 174 Å². The second-order valence-electron chi connectivity index (χ2n) is 9.13. The van der Waals surface area contributed by atoms with E-state index >= 15 is 0 Å². The zero-order valence-corrected chi connectivity index (χ0v) is 17.9. The smallest absolute Gasteiger partial charge is 0.223 e. The van der Waals surface area contributed by atoms with E-state index in [1.54, 1.807) is 0 Å². The first-order chi connectivity index (χ1) is 13.8. The number of anilines is 1. The maximum atomic E-state index is 4.73. The summed E-state index contributed by atoms with van der Waals surface area (Å²) in [4.78, 5) is 9.34. The largest absolute Gasteiger partial charge is 0.384 e. The summed E-state index contributed by atoms with van der Waals surface area (Å²) in [6.07, 6.45) is 8.27. The van der Waals surface area contributed by atoms with Gasteiger partial charge in [-0.3, -0.25) is 0 Å². The molecular formula is C25H32N4. The highest BCUT2D eigenvalue weighted by atomic mass is 15.1. The molecule has 0 amide bonds. The Morgan fingerprint density at radius 3 is 2.69 bits per heavy atom. The average Bonchev–Trinajstić information content (AvgIpc) is 2.71. The maximum Gasteiger partial charge on any atom is 0.223 e. The van der Waals surface area contributed by atoms with Gasteiger partial charge in [-0.15, -0.1) is 0 Å². The molecule has 2 aliphatic rings. The molecule has 0 atom stereocenters. The molecule has 0 unspecified atom stereocenters. The molecule has 1 aliphatic heterocycles. The third-order valence-corrected chi connectivity index (χ3v) is 6.41. The van der Waals surface area contributed by atoms with Crippen LogP contribution in [0.1, 0.15) is 73.9 Å². The molecule has 4 heteroatoms. The van der Waals surface area contributed by atoms with Crippen LogP contribution in [0, 0.1) is 6.92 Å². The van der Waals surface area contributed by atoms with Crippen molar-refractivity contribution in [2.75, 3.05) is 11.9 Å². The minimum absolute atomic E-state index is 0.0477. The lowest BCUT2D eigenvalue weighted by Gasteiger charge is -2.35. The van der Waals surface area contributed by atoms with E-state index in [2.05, 4.69) is 60.8 Å².